The average Bonchev–Trinajstić information content (AvgIpc) is 2.27. The van der Waals surface area contributed by atoms with E-state index in [1.807, 2.05) is 44.1 Å². The third kappa shape index (κ3) is 4.40. The van der Waals surface area contributed by atoms with Gasteiger partial charge in [-0.15, -0.1) is 0 Å². The Morgan fingerprint density at radius 2 is 2.17 bits per heavy atom. The van der Waals surface area contributed by atoms with E-state index >= 15 is 0 Å². The lowest BCUT2D eigenvalue weighted by atomic mass is 10.0. The molecule has 5 heteroatoms. The lowest BCUT2D eigenvalue weighted by molar-refractivity contribution is -0.139. The Bertz CT molecular complexity index is 421. The maximum absolute atomic E-state index is 11.3. The summed E-state index contributed by atoms with van der Waals surface area (Å²) >= 11 is 3.41. The summed E-state index contributed by atoms with van der Waals surface area (Å²) in [6, 6.07) is 4.95. The number of rotatable bonds is 6. The normalized spacial score (nSPS) is 12.7. The highest BCUT2D eigenvalue weighted by Crippen LogP contribution is 2.21. The molecule has 0 fully saturated rings. The van der Waals surface area contributed by atoms with Crippen LogP contribution in [-0.2, 0) is 4.79 Å². The predicted octanol–water partition coefficient (Wildman–Crippen LogP) is 2.03. The molecule has 1 aromatic rings. The second-order valence-corrected chi connectivity index (χ2v) is 5.39. The van der Waals surface area contributed by atoms with Crippen LogP contribution in [0.4, 0.5) is 0 Å². The SMILES string of the molecule is Cc1cc(C(NCCN(C)C)C(=O)O)ccc1Br. The number of aryl methyl sites for hydroxylation is 1. The average molecular weight is 315 g/mol. The van der Waals surface area contributed by atoms with Gasteiger partial charge in [0.05, 0.1) is 0 Å². The van der Waals surface area contributed by atoms with Crippen LogP contribution in [-0.4, -0.2) is 43.2 Å². The quantitative estimate of drug-likeness (QED) is 0.843. The maximum Gasteiger partial charge on any atom is 0.325 e. The molecule has 0 bridgehead atoms. The zero-order valence-electron chi connectivity index (χ0n) is 10.9. The first-order valence-electron chi connectivity index (χ1n) is 5.78. The Morgan fingerprint density at radius 1 is 1.50 bits per heavy atom. The van der Waals surface area contributed by atoms with Crippen molar-refractivity contribution in [3.05, 3.63) is 33.8 Å². The van der Waals surface area contributed by atoms with E-state index in [0.717, 1.165) is 22.1 Å². The van der Waals surface area contributed by atoms with Crippen LogP contribution in [0, 0.1) is 6.92 Å². The van der Waals surface area contributed by atoms with Crippen LogP contribution >= 0.6 is 15.9 Å². The van der Waals surface area contributed by atoms with Gasteiger partial charge < -0.3 is 10.0 Å². The lowest BCUT2D eigenvalue weighted by Gasteiger charge is -2.17. The largest absolute Gasteiger partial charge is 0.480 e. The van der Waals surface area contributed by atoms with Crippen molar-refractivity contribution < 1.29 is 9.90 Å². The van der Waals surface area contributed by atoms with Gasteiger partial charge in [-0.3, -0.25) is 10.1 Å². The highest BCUT2D eigenvalue weighted by Gasteiger charge is 2.19. The summed E-state index contributed by atoms with van der Waals surface area (Å²) < 4.78 is 0.990. The number of halogens is 1. The Labute approximate surface area is 116 Å². The molecular formula is C13H19BrN2O2. The van der Waals surface area contributed by atoms with Crippen molar-refractivity contribution in [3.8, 4) is 0 Å². The highest BCUT2D eigenvalue weighted by atomic mass is 79.9. The second kappa shape index (κ2) is 6.87. The first-order chi connectivity index (χ1) is 8.41. The van der Waals surface area contributed by atoms with Crippen LogP contribution in [0.1, 0.15) is 17.2 Å². The van der Waals surface area contributed by atoms with Crippen LogP contribution in [0.3, 0.4) is 0 Å². The van der Waals surface area contributed by atoms with Crippen molar-refractivity contribution in [3.63, 3.8) is 0 Å². The summed E-state index contributed by atoms with van der Waals surface area (Å²) in [6.45, 7) is 3.39. The number of likely N-dealkylation sites (N-methyl/N-ethyl adjacent to an activating group) is 1. The van der Waals surface area contributed by atoms with Crippen LogP contribution < -0.4 is 5.32 Å². The molecule has 0 amide bonds. The molecule has 0 radical (unpaired) electrons. The van der Waals surface area contributed by atoms with Gasteiger partial charge in [0, 0.05) is 17.6 Å². The fourth-order valence-corrected chi connectivity index (χ4v) is 1.87. The predicted molar refractivity (Wildman–Crippen MR) is 75.8 cm³/mol. The molecule has 0 aliphatic carbocycles. The maximum atomic E-state index is 11.3. The number of benzene rings is 1. The summed E-state index contributed by atoms with van der Waals surface area (Å²) in [5, 5.41) is 12.3. The van der Waals surface area contributed by atoms with Gasteiger partial charge in [0.2, 0.25) is 0 Å². The summed E-state index contributed by atoms with van der Waals surface area (Å²) in [6.07, 6.45) is 0. The molecule has 2 N–H and O–H groups in total. The number of carboxylic acid groups (broad SMARTS) is 1. The van der Waals surface area contributed by atoms with Crippen LogP contribution in [0.2, 0.25) is 0 Å². The van der Waals surface area contributed by atoms with Gasteiger partial charge in [-0.1, -0.05) is 28.1 Å². The Morgan fingerprint density at radius 3 is 2.67 bits per heavy atom. The van der Waals surface area contributed by atoms with E-state index in [9.17, 15) is 9.90 Å². The van der Waals surface area contributed by atoms with Gasteiger partial charge in [-0.05, 0) is 38.2 Å². The molecule has 1 rings (SSSR count). The number of aliphatic carboxylic acids is 1. The number of hydrogen-bond donors (Lipinski definition) is 2. The summed E-state index contributed by atoms with van der Waals surface area (Å²) in [7, 11) is 3.92. The fourth-order valence-electron chi connectivity index (χ4n) is 1.63. The minimum Gasteiger partial charge on any atom is -0.480 e. The Balaban J connectivity index is 2.78. The zero-order valence-corrected chi connectivity index (χ0v) is 12.5. The van der Waals surface area contributed by atoms with Gasteiger partial charge in [0.15, 0.2) is 0 Å². The van der Waals surface area contributed by atoms with E-state index in [2.05, 4.69) is 21.2 Å². The van der Waals surface area contributed by atoms with Crippen molar-refractivity contribution in [1.29, 1.82) is 0 Å². The van der Waals surface area contributed by atoms with Gasteiger partial charge in [-0.25, -0.2) is 0 Å². The molecule has 0 saturated heterocycles. The van der Waals surface area contributed by atoms with Crippen LogP contribution in [0.25, 0.3) is 0 Å². The zero-order chi connectivity index (χ0) is 13.7. The topological polar surface area (TPSA) is 52.6 Å². The summed E-state index contributed by atoms with van der Waals surface area (Å²) in [4.78, 5) is 13.3. The van der Waals surface area contributed by atoms with E-state index < -0.39 is 12.0 Å². The Hall–Kier alpha value is -0.910. The van der Waals surface area contributed by atoms with Crippen LogP contribution in [0.5, 0.6) is 0 Å². The number of carboxylic acids is 1. The third-order valence-corrected chi connectivity index (χ3v) is 3.56. The third-order valence-electron chi connectivity index (χ3n) is 2.67. The molecule has 0 aliphatic heterocycles. The number of nitrogens with one attached hydrogen (secondary N) is 1. The standard InChI is InChI=1S/C13H19BrN2O2/c1-9-8-10(4-5-11(9)14)12(13(17)18)15-6-7-16(2)3/h4-5,8,12,15H,6-7H2,1-3H3,(H,17,18). The number of carbonyl (C=O) groups is 1. The summed E-state index contributed by atoms with van der Waals surface area (Å²) in [5.41, 5.74) is 1.81. The second-order valence-electron chi connectivity index (χ2n) is 4.54. The molecule has 0 aliphatic rings. The molecule has 18 heavy (non-hydrogen) atoms. The van der Waals surface area contributed by atoms with Gasteiger partial charge in [0.1, 0.15) is 6.04 Å². The first kappa shape index (κ1) is 15.1. The molecule has 0 saturated carbocycles. The van der Waals surface area contributed by atoms with Gasteiger partial charge in [-0.2, -0.15) is 0 Å². The van der Waals surface area contributed by atoms with Crippen molar-refractivity contribution in [1.82, 2.24) is 10.2 Å². The first-order valence-corrected chi connectivity index (χ1v) is 6.58. The van der Waals surface area contributed by atoms with E-state index in [1.165, 1.54) is 0 Å². The van der Waals surface area contributed by atoms with E-state index in [0.29, 0.717) is 6.54 Å². The molecule has 1 aromatic carbocycles. The van der Waals surface area contributed by atoms with E-state index in [4.69, 9.17) is 0 Å². The smallest absolute Gasteiger partial charge is 0.325 e. The van der Waals surface area contributed by atoms with Crippen molar-refractivity contribution >= 4 is 21.9 Å². The molecule has 0 aromatic heterocycles. The van der Waals surface area contributed by atoms with E-state index in [1.54, 1.807) is 0 Å². The van der Waals surface area contributed by atoms with Gasteiger partial charge in [0.25, 0.3) is 0 Å². The lowest BCUT2D eigenvalue weighted by Crippen LogP contribution is -2.33. The van der Waals surface area contributed by atoms with Crippen LogP contribution in [0.15, 0.2) is 22.7 Å². The molecule has 0 heterocycles. The number of hydrogen-bond acceptors (Lipinski definition) is 3. The highest BCUT2D eigenvalue weighted by molar-refractivity contribution is 9.10. The monoisotopic (exact) mass is 314 g/mol. The van der Waals surface area contributed by atoms with Crippen molar-refractivity contribution in [2.24, 2.45) is 0 Å². The fraction of sp³-hybridized carbons (Fsp3) is 0.462. The van der Waals surface area contributed by atoms with Crippen molar-refractivity contribution in [2.75, 3.05) is 27.2 Å². The number of nitrogens with zero attached hydrogens (tertiary/aromatic N) is 1. The molecule has 100 valence electrons. The van der Waals surface area contributed by atoms with E-state index in [-0.39, 0.29) is 0 Å². The molecule has 1 atom stereocenters. The minimum absolute atomic E-state index is 0.638. The molecule has 1 unspecified atom stereocenters. The van der Waals surface area contributed by atoms with Crippen molar-refractivity contribution in [2.45, 2.75) is 13.0 Å². The van der Waals surface area contributed by atoms with Gasteiger partial charge >= 0.3 is 5.97 Å². The molecular weight excluding hydrogens is 296 g/mol. The minimum atomic E-state index is -0.851. The Kier molecular flexibility index (Phi) is 5.78. The molecule has 0 spiro atoms. The molecule has 4 nitrogen and oxygen atoms in total. The summed E-state index contributed by atoms with van der Waals surface area (Å²) in [5.74, 6) is -0.851.